The lowest BCUT2D eigenvalue weighted by Gasteiger charge is -2.30. The fourth-order valence-electron chi connectivity index (χ4n) is 3.05. The summed E-state index contributed by atoms with van der Waals surface area (Å²) in [4.78, 5) is 21.6. The Bertz CT molecular complexity index is 826. The van der Waals surface area contributed by atoms with Gasteiger partial charge >= 0.3 is 0 Å². The lowest BCUT2D eigenvalue weighted by molar-refractivity contribution is -0.116. The molecule has 1 aromatic carbocycles. The number of thiazole rings is 1. The van der Waals surface area contributed by atoms with E-state index in [9.17, 15) is 4.79 Å². The first-order valence-electron chi connectivity index (χ1n) is 7.49. The van der Waals surface area contributed by atoms with Gasteiger partial charge < -0.3 is 5.32 Å². The van der Waals surface area contributed by atoms with Crippen LogP contribution in [0.5, 0.6) is 0 Å². The summed E-state index contributed by atoms with van der Waals surface area (Å²) in [6.07, 6.45) is 4.05. The first-order chi connectivity index (χ1) is 11.2. The van der Waals surface area contributed by atoms with Crippen molar-refractivity contribution in [1.29, 1.82) is 0 Å². The number of rotatable bonds is 2. The number of nitrogens with one attached hydrogen (secondary N) is 1. The van der Waals surface area contributed by atoms with Crippen LogP contribution in [0.2, 0.25) is 5.02 Å². The quantitative estimate of drug-likeness (QED) is 0.899. The third kappa shape index (κ3) is 2.60. The highest BCUT2D eigenvalue weighted by Gasteiger charge is 2.34. The highest BCUT2D eigenvalue weighted by molar-refractivity contribution is 7.11. The van der Waals surface area contributed by atoms with Gasteiger partial charge in [-0.1, -0.05) is 29.8 Å². The van der Waals surface area contributed by atoms with E-state index in [0.29, 0.717) is 11.4 Å². The Hall–Kier alpha value is -1.98. The number of carbonyl (C=O) groups is 1. The molecule has 4 nitrogen and oxygen atoms in total. The fraction of sp³-hybridized carbons (Fsp3) is 0.235. The Morgan fingerprint density at radius 3 is 2.91 bits per heavy atom. The van der Waals surface area contributed by atoms with Crippen LogP contribution in [-0.4, -0.2) is 16.6 Å². The Kier molecular flexibility index (Phi) is 3.75. The van der Waals surface area contributed by atoms with Crippen molar-refractivity contribution in [3.05, 3.63) is 62.7 Å². The van der Waals surface area contributed by atoms with Gasteiger partial charge in [0.25, 0.3) is 0 Å². The molecule has 0 fully saturated rings. The average Bonchev–Trinajstić information content (AvgIpc) is 3.09. The van der Waals surface area contributed by atoms with Crippen molar-refractivity contribution < 1.29 is 4.79 Å². The van der Waals surface area contributed by atoms with Crippen LogP contribution in [0.25, 0.3) is 0 Å². The molecule has 2 aliphatic rings. The minimum atomic E-state index is -0.355. The van der Waals surface area contributed by atoms with Gasteiger partial charge in [-0.05, 0) is 24.5 Å². The van der Waals surface area contributed by atoms with Gasteiger partial charge in [0.15, 0.2) is 16.6 Å². The summed E-state index contributed by atoms with van der Waals surface area (Å²) >= 11 is 7.90. The Morgan fingerprint density at radius 2 is 2.13 bits per heavy atom. The summed E-state index contributed by atoms with van der Waals surface area (Å²) in [6.45, 7) is 0. The molecule has 1 N–H and O–H groups in total. The highest BCUT2D eigenvalue weighted by atomic mass is 35.5. The molecule has 6 heteroatoms. The van der Waals surface area contributed by atoms with Gasteiger partial charge in [0.1, 0.15) is 6.04 Å². The Balaban J connectivity index is 1.86. The van der Waals surface area contributed by atoms with E-state index in [-0.39, 0.29) is 11.8 Å². The van der Waals surface area contributed by atoms with Crippen molar-refractivity contribution in [1.82, 2.24) is 10.3 Å². The summed E-state index contributed by atoms with van der Waals surface area (Å²) in [5, 5.41) is 6.69. The van der Waals surface area contributed by atoms with Gasteiger partial charge in [0.05, 0.1) is 0 Å². The number of carbonyl (C=O) groups excluding carboxylic acids is 1. The summed E-state index contributed by atoms with van der Waals surface area (Å²) in [5.74, 6) is 0.879. The molecule has 0 bridgehead atoms. The van der Waals surface area contributed by atoms with Crippen molar-refractivity contribution in [3.63, 3.8) is 0 Å². The van der Waals surface area contributed by atoms with E-state index in [1.165, 1.54) is 11.3 Å². The summed E-state index contributed by atoms with van der Waals surface area (Å²) in [6, 6.07) is 7.23. The molecule has 1 aliphatic heterocycles. The first kappa shape index (κ1) is 14.6. The number of Topliss-reactive ketones (excluding diaryl/α,β-unsaturated/α-hetero) is 1. The zero-order chi connectivity index (χ0) is 15.8. The van der Waals surface area contributed by atoms with Gasteiger partial charge in [-0.15, -0.1) is 11.3 Å². The zero-order valence-corrected chi connectivity index (χ0v) is 13.8. The predicted octanol–water partition coefficient (Wildman–Crippen LogP) is 3.89. The van der Waals surface area contributed by atoms with E-state index >= 15 is 0 Å². The largest absolute Gasteiger partial charge is 0.341 e. The second kappa shape index (κ2) is 5.91. The topological polar surface area (TPSA) is 54.4 Å². The normalized spacial score (nSPS) is 20.8. The highest BCUT2D eigenvalue weighted by Crippen LogP contribution is 2.39. The van der Waals surface area contributed by atoms with Gasteiger partial charge in [-0.3, -0.25) is 9.79 Å². The van der Waals surface area contributed by atoms with Crippen LogP contribution in [0.4, 0.5) is 0 Å². The molecule has 4 rings (SSSR count). The van der Waals surface area contributed by atoms with Gasteiger partial charge in [0, 0.05) is 34.3 Å². The number of nitrogens with zero attached hydrogens (tertiary/aromatic N) is 2. The number of ketones is 1. The molecule has 1 atom stereocenters. The van der Waals surface area contributed by atoms with Gasteiger partial charge in [-0.2, -0.15) is 0 Å². The molecular formula is C17H14ClN3OS. The van der Waals surface area contributed by atoms with Crippen molar-refractivity contribution in [2.75, 3.05) is 0 Å². The summed E-state index contributed by atoms with van der Waals surface area (Å²) in [5.41, 5.74) is 2.59. The fourth-order valence-corrected chi connectivity index (χ4v) is 3.88. The van der Waals surface area contributed by atoms with Crippen LogP contribution in [0.15, 0.2) is 52.1 Å². The maximum atomic E-state index is 12.5. The third-order valence-electron chi connectivity index (χ3n) is 4.09. The summed E-state index contributed by atoms with van der Waals surface area (Å²) in [7, 11) is 0. The van der Waals surface area contributed by atoms with Crippen LogP contribution in [0.3, 0.4) is 0 Å². The minimum Gasteiger partial charge on any atom is -0.341 e. The van der Waals surface area contributed by atoms with Crippen LogP contribution in [0.1, 0.15) is 35.9 Å². The van der Waals surface area contributed by atoms with Crippen molar-refractivity contribution >= 4 is 34.6 Å². The summed E-state index contributed by atoms with van der Waals surface area (Å²) < 4.78 is 0. The molecule has 0 radical (unpaired) electrons. The first-order valence-corrected chi connectivity index (χ1v) is 8.75. The van der Waals surface area contributed by atoms with E-state index in [2.05, 4.69) is 10.3 Å². The number of aromatic nitrogens is 1. The zero-order valence-electron chi connectivity index (χ0n) is 12.3. The molecule has 0 spiro atoms. The second-order valence-electron chi connectivity index (χ2n) is 5.53. The van der Waals surface area contributed by atoms with Crippen LogP contribution < -0.4 is 5.32 Å². The van der Waals surface area contributed by atoms with Crippen molar-refractivity contribution in [3.8, 4) is 0 Å². The monoisotopic (exact) mass is 343 g/mol. The van der Waals surface area contributed by atoms with E-state index in [1.54, 1.807) is 6.20 Å². The molecule has 23 heavy (non-hydrogen) atoms. The number of benzene rings is 1. The lowest BCUT2D eigenvalue weighted by Crippen LogP contribution is -2.35. The third-order valence-corrected chi connectivity index (χ3v) is 5.22. The van der Waals surface area contributed by atoms with Gasteiger partial charge in [0.2, 0.25) is 0 Å². The standard InChI is InChI=1S/C17H14ClN3OS/c18-11-5-2-1-4-10(11)15-14-12(6-3-7-13(14)22)20-16(21-15)17-19-8-9-23-17/h1-2,4-5,8-9,15H,3,6-7H2,(H,20,21). The molecule has 2 heterocycles. The van der Waals surface area contributed by atoms with E-state index in [1.807, 2.05) is 29.6 Å². The van der Waals surface area contributed by atoms with Crippen molar-refractivity contribution in [2.45, 2.75) is 25.3 Å². The van der Waals surface area contributed by atoms with E-state index in [4.69, 9.17) is 16.6 Å². The maximum Gasteiger partial charge on any atom is 0.163 e. The number of halogens is 1. The molecule has 0 amide bonds. The molecule has 116 valence electrons. The molecular weight excluding hydrogens is 330 g/mol. The molecule has 0 saturated carbocycles. The number of allylic oxidation sites excluding steroid dienone is 1. The SMILES string of the molecule is O=C1CCCC2=C1C(c1ccccc1Cl)N=C(c1nccs1)N2. The molecule has 1 aromatic heterocycles. The number of amidine groups is 1. The Morgan fingerprint density at radius 1 is 1.26 bits per heavy atom. The average molecular weight is 344 g/mol. The van der Waals surface area contributed by atoms with E-state index < -0.39 is 0 Å². The molecule has 2 aromatic rings. The number of aliphatic imine (C=N–C) groups is 1. The second-order valence-corrected chi connectivity index (χ2v) is 6.83. The molecule has 1 aliphatic carbocycles. The molecule has 0 saturated heterocycles. The van der Waals surface area contributed by atoms with Crippen LogP contribution in [0, 0.1) is 0 Å². The number of hydrogen-bond acceptors (Lipinski definition) is 5. The van der Waals surface area contributed by atoms with Crippen LogP contribution >= 0.6 is 22.9 Å². The maximum absolute atomic E-state index is 12.5. The smallest absolute Gasteiger partial charge is 0.163 e. The van der Waals surface area contributed by atoms with Gasteiger partial charge in [-0.25, -0.2) is 4.98 Å². The lowest BCUT2D eigenvalue weighted by atomic mass is 9.85. The predicted molar refractivity (Wildman–Crippen MR) is 91.9 cm³/mol. The van der Waals surface area contributed by atoms with Crippen LogP contribution in [-0.2, 0) is 4.79 Å². The number of hydrogen-bond donors (Lipinski definition) is 1. The molecule has 1 unspecified atom stereocenters. The Labute approximate surface area is 142 Å². The van der Waals surface area contributed by atoms with Crippen molar-refractivity contribution in [2.24, 2.45) is 4.99 Å². The van der Waals surface area contributed by atoms with E-state index in [0.717, 1.165) is 40.5 Å². The minimum absolute atomic E-state index is 0.158.